The van der Waals surface area contributed by atoms with Crippen molar-refractivity contribution in [3.63, 3.8) is 0 Å². The zero-order valence-corrected chi connectivity index (χ0v) is 8.02. The Hall–Kier alpha value is -0.570. The molecule has 0 radical (unpaired) electrons. The Morgan fingerprint density at radius 1 is 1.29 bits per heavy atom. The molecule has 76 valence electrons. The van der Waals surface area contributed by atoms with Crippen LogP contribution < -0.4 is 5.73 Å². The van der Waals surface area contributed by atoms with Crippen LogP contribution in [0.2, 0.25) is 0 Å². The molecule has 0 amide bonds. The van der Waals surface area contributed by atoms with Crippen LogP contribution in [0, 0.1) is 35.0 Å². The zero-order chi connectivity index (χ0) is 9.66. The summed E-state index contributed by atoms with van der Waals surface area (Å²) in [6.07, 6.45) is 3.56. The SMILES string of the molecule is NC1[C@@H]2C3CC4[C@@H]3CCC2[C@@]41C(=O)O. The molecule has 5 rings (SSSR count). The summed E-state index contributed by atoms with van der Waals surface area (Å²) in [5.41, 5.74) is 5.61. The summed E-state index contributed by atoms with van der Waals surface area (Å²) in [5, 5.41) is 9.44. The standard InChI is InChI=1S/C11H15NO2/c12-9-8-5-3-7-4(5)1-2-6(8)11(7,9)10(13)14/h4-9H,1-3,12H2,(H,13,14)/t4-,5?,6?,7?,8-,9?,11-/m1/s1. The van der Waals surface area contributed by atoms with Gasteiger partial charge in [0.15, 0.2) is 0 Å². The van der Waals surface area contributed by atoms with Crippen LogP contribution in [0.1, 0.15) is 19.3 Å². The second kappa shape index (κ2) is 1.87. The maximum atomic E-state index is 11.5. The molecule has 4 unspecified atom stereocenters. The van der Waals surface area contributed by atoms with E-state index >= 15 is 0 Å². The summed E-state index contributed by atoms with van der Waals surface area (Å²) in [5.74, 6) is 2.36. The molecular weight excluding hydrogens is 178 g/mol. The van der Waals surface area contributed by atoms with Gasteiger partial charge in [-0.1, -0.05) is 0 Å². The fourth-order valence-corrected chi connectivity index (χ4v) is 5.52. The first-order valence-corrected chi connectivity index (χ1v) is 5.68. The van der Waals surface area contributed by atoms with E-state index in [0.29, 0.717) is 17.8 Å². The highest BCUT2D eigenvalue weighted by molar-refractivity contribution is 5.80. The summed E-state index contributed by atoms with van der Waals surface area (Å²) in [4.78, 5) is 11.5. The van der Waals surface area contributed by atoms with Crippen molar-refractivity contribution in [1.29, 1.82) is 0 Å². The molecule has 3 nitrogen and oxygen atoms in total. The molecule has 5 aliphatic carbocycles. The fourth-order valence-electron chi connectivity index (χ4n) is 5.52. The van der Waals surface area contributed by atoms with Crippen molar-refractivity contribution in [2.75, 3.05) is 0 Å². The first-order chi connectivity index (χ1) is 6.69. The predicted octanol–water partition coefficient (Wildman–Crippen LogP) is 0.690. The molecule has 5 aliphatic rings. The van der Waals surface area contributed by atoms with E-state index in [2.05, 4.69) is 0 Å². The number of carboxylic acids is 1. The van der Waals surface area contributed by atoms with Gasteiger partial charge in [-0.15, -0.1) is 0 Å². The molecule has 3 heteroatoms. The van der Waals surface area contributed by atoms with E-state index in [0.717, 1.165) is 24.7 Å². The van der Waals surface area contributed by atoms with Crippen molar-refractivity contribution in [3.8, 4) is 0 Å². The topological polar surface area (TPSA) is 63.3 Å². The van der Waals surface area contributed by atoms with Gasteiger partial charge in [0.1, 0.15) is 0 Å². The fraction of sp³-hybridized carbons (Fsp3) is 0.909. The smallest absolute Gasteiger partial charge is 0.311 e. The average Bonchev–Trinajstić information content (AvgIpc) is 2.15. The van der Waals surface area contributed by atoms with Gasteiger partial charge in [-0.25, -0.2) is 0 Å². The highest BCUT2D eigenvalue weighted by Gasteiger charge is 2.81. The van der Waals surface area contributed by atoms with Crippen molar-refractivity contribution >= 4 is 5.97 Å². The third-order valence-corrected chi connectivity index (χ3v) is 5.93. The first kappa shape index (κ1) is 7.69. The van der Waals surface area contributed by atoms with Crippen molar-refractivity contribution in [2.45, 2.75) is 25.3 Å². The van der Waals surface area contributed by atoms with E-state index in [1.165, 1.54) is 6.42 Å². The molecule has 0 saturated heterocycles. The van der Waals surface area contributed by atoms with E-state index in [-0.39, 0.29) is 6.04 Å². The third kappa shape index (κ3) is 0.452. The maximum absolute atomic E-state index is 11.5. The molecule has 14 heavy (non-hydrogen) atoms. The molecular formula is C11H15NO2. The Balaban J connectivity index is 1.88. The third-order valence-electron chi connectivity index (χ3n) is 5.93. The van der Waals surface area contributed by atoms with Crippen LogP contribution in [0.15, 0.2) is 0 Å². The van der Waals surface area contributed by atoms with Gasteiger partial charge in [-0.2, -0.15) is 0 Å². The van der Waals surface area contributed by atoms with Gasteiger partial charge in [0.05, 0.1) is 5.41 Å². The summed E-state index contributed by atoms with van der Waals surface area (Å²) < 4.78 is 0. The quantitative estimate of drug-likeness (QED) is 0.644. The second-order valence-corrected chi connectivity index (χ2v) is 5.70. The molecule has 3 N–H and O–H groups in total. The lowest BCUT2D eigenvalue weighted by molar-refractivity contribution is -0.310. The van der Waals surface area contributed by atoms with Crippen LogP contribution in [0.3, 0.4) is 0 Å². The van der Waals surface area contributed by atoms with Crippen LogP contribution >= 0.6 is 0 Å². The minimum absolute atomic E-state index is 0.0229. The minimum Gasteiger partial charge on any atom is -0.481 e. The number of hydrogen-bond donors (Lipinski definition) is 2. The first-order valence-electron chi connectivity index (χ1n) is 5.68. The van der Waals surface area contributed by atoms with E-state index in [1.807, 2.05) is 0 Å². The molecule has 0 aromatic heterocycles. The van der Waals surface area contributed by atoms with Gasteiger partial charge < -0.3 is 10.8 Å². The molecule has 0 heterocycles. The number of carboxylic acid groups (broad SMARTS) is 1. The highest BCUT2D eigenvalue weighted by Crippen LogP contribution is 2.79. The number of nitrogens with two attached hydrogens (primary N) is 1. The molecule has 7 atom stereocenters. The van der Waals surface area contributed by atoms with Gasteiger partial charge in [-0.05, 0) is 48.9 Å². The Bertz CT molecular complexity index is 336. The molecule has 5 saturated carbocycles. The average molecular weight is 193 g/mol. The number of fused-ring (bicyclic) bond motifs is 1. The number of rotatable bonds is 1. The maximum Gasteiger partial charge on any atom is 0.311 e. The molecule has 6 bridgehead atoms. The van der Waals surface area contributed by atoms with E-state index in [9.17, 15) is 9.90 Å². The Morgan fingerprint density at radius 2 is 2.07 bits per heavy atom. The summed E-state index contributed by atoms with van der Waals surface area (Å²) >= 11 is 0. The van der Waals surface area contributed by atoms with Gasteiger partial charge in [0.25, 0.3) is 0 Å². The molecule has 0 aromatic rings. The van der Waals surface area contributed by atoms with Gasteiger partial charge >= 0.3 is 5.97 Å². The van der Waals surface area contributed by atoms with Gasteiger partial charge in [0, 0.05) is 6.04 Å². The summed E-state index contributed by atoms with van der Waals surface area (Å²) in [6, 6.07) is -0.0229. The van der Waals surface area contributed by atoms with Crippen LogP contribution in [-0.4, -0.2) is 17.1 Å². The lowest BCUT2D eigenvalue weighted by Gasteiger charge is -2.79. The zero-order valence-electron chi connectivity index (χ0n) is 8.02. The van der Waals surface area contributed by atoms with E-state index in [4.69, 9.17) is 5.73 Å². The second-order valence-electron chi connectivity index (χ2n) is 5.70. The molecule has 0 aromatic carbocycles. The Kier molecular flexibility index (Phi) is 1.03. The highest BCUT2D eigenvalue weighted by atomic mass is 16.4. The van der Waals surface area contributed by atoms with Crippen LogP contribution in [0.25, 0.3) is 0 Å². The van der Waals surface area contributed by atoms with Crippen molar-refractivity contribution in [2.24, 2.45) is 40.7 Å². The number of aliphatic carboxylic acids is 1. The lowest BCUT2D eigenvalue weighted by Crippen LogP contribution is -2.84. The van der Waals surface area contributed by atoms with E-state index in [1.54, 1.807) is 0 Å². The molecule has 0 spiro atoms. The minimum atomic E-state index is -0.598. The summed E-state index contributed by atoms with van der Waals surface area (Å²) in [7, 11) is 0. The predicted molar refractivity (Wildman–Crippen MR) is 49.3 cm³/mol. The number of hydrogen-bond acceptors (Lipinski definition) is 2. The molecule has 0 aliphatic heterocycles. The van der Waals surface area contributed by atoms with Crippen molar-refractivity contribution < 1.29 is 9.90 Å². The summed E-state index contributed by atoms with van der Waals surface area (Å²) in [6.45, 7) is 0. The monoisotopic (exact) mass is 193 g/mol. The van der Waals surface area contributed by atoms with Crippen LogP contribution in [0.5, 0.6) is 0 Å². The van der Waals surface area contributed by atoms with Crippen molar-refractivity contribution in [1.82, 2.24) is 0 Å². The largest absolute Gasteiger partial charge is 0.481 e. The van der Waals surface area contributed by atoms with E-state index < -0.39 is 11.4 Å². The Morgan fingerprint density at radius 3 is 2.64 bits per heavy atom. The lowest BCUT2D eigenvalue weighted by atomic mass is 9.24. The number of carbonyl (C=O) groups is 1. The molecule has 5 fully saturated rings. The van der Waals surface area contributed by atoms with Gasteiger partial charge in [0.2, 0.25) is 0 Å². The van der Waals surface area contributed by atoms with Crippen molar-refractivity contribution in [3.05, 3.63) is 0 Å². The normalized spacial score (nSPS) is 66.9. The Labute approximate surface area is 82.7 Å². The van der Waals surface area contributed by atoms with Crippen LogP contribution in [0.4, 0.5) is 0 Å². The van der Waals surface area contributed by atoms with Gasteiger partial charge in [-0.3, -0.25) is 4.79 Å². The van der Waals surface area contributed by atoms with Crippen LogP contribution in [-0.2, 0) is 4.79 Å².